The molecular formula is C14H16O3S. The maximum absolute atomic E-state index is 10.5. The molecule has 2 rings (SSSR count). The monoisotopic (exact) mass is 264 g/mol. The molecule has 0 aliphatic heterocycles. The Kier molecular flexibility index (Phi) is 3.89. The van der Waals surface area contributed by atoms with Crippen LogP contribution in [0.2, 0.25) is 0 Å². The molecule has 96 valence electrons. The number of methoxy groups -OCH3 is 2. The molecule has 0 amide bonds. The molecule has 1 N–H and O–H groups in total. The summed E-state index contributed by atoms with van der Waals surface area (Å²) in [6.07, 6.45) is -0.685. The second-order valence-corrected chi connectivity index (χ2v) is 4.93. The molecule has 0 fully saturated rings. The number of aryl methyl sites for hydroxylation is 1. The van der Waals surface area contributed by atoms with E-state index in [1.165, 1.54) is 11.3 Å². The molecule has 1 aromatic carbocycles. The van der Waals surface area contributed by atoms with Gasteiger partial charge in [0.05, 0.1) is 14.2 Å². The average molecular weight is 264 g/mol. The van der Waals surface area contributed by atoms with E-state index in [-0.39, 0.29) is 0 Å². The van der Waals surface area contributed by atoms with Gasteiger partial charge in [0.1, 0.15) is 17.6 Å². The summed E-state index contributed by atoms with van der Waals surface area (Å²) in [5, 5.41) is 12.4. The summed E-state index contributed by atoms with van der Waals surface area (Å²) in [5.74, 6) is 1.37. The Balaban J connectivity index is 2.45. The number of ether oxygens (including phenoxy) is 2. The van der Waals surface area contributed by atoms with Crippen molar-refractivity contribution in [1.82, 2.24) is 0 Å². The standard InChI is InChI=1S/C14H16O3S/c1-9-6-7-18-14(9)13(15)11-8-10(16-2)4-5-12(11)17-3/h4-8,13,15H,1-3H3. The quantitative estimate of drug-likeness (QED) is 0.922. The molecule has 0 aliphatic carbocycles. The summed E-state index contributed by atoms with van der Waals surface area (Å²) in [5.41, 5.74) is 1.81. The van der Waals surface area contributed by atoms with Crippen molar-refractivity contribution in [2.24, 2.45) is 0 Å². The minimum absolute atomic E-state index is 0.663. The highest BCUT2D eigenvalue weighted by atomic mass is 32.1. The first kappa shape index (κ1) is 12.9. The number of rotatable bonds is 4. The topological polar surface area (TPSA) is 38.7 Å². The fourth-order valence-corrected chi connectivity index (χ4v) is 2.79. The Morgan fingerprint density at radius 2 is 1.94 bits per heavy atom. The second-order valence-electron chi connectivity index (χ2n) is 3.98. The maximum Gasteiger partial charge on any atom is 0.125 e. The van der Waals surface area contributed by atoms with Crippen LogP contribution in [0.1, 0.15) is 22.1 Å². The van der Waals surface area contributed by atoms with Crippen LogP contribution >= 0.6 is 11.3 Å². The lowest BCUT2D eigenvalue weighted by atomic mass is 10.0. The third-order valence-corrected chi connectivity index (χ3v) is 3.95. The van der Waals surface area contributed by atoms with Gasteiger partial charge in [-0.15, -0.1) is 11.3 Å². The molecule has 1 heterocycles. The predicted octanol–water partition coefficient (Wildman–Crippen LogP) is 3.16. The predicted molar refractivity (Wildman–Crippen MR) is 72.7 cm³/mol. The van der Waals surface area contributed by atoms with Crippen LogP contribution in [0.3, 0.4) is 0 Å². The van der Waals surface area contributed by atoms with Gasteiger partial charge in [-0.1, -0.05) is 0 Å². The average Bonchev–Trinajstić information content (AvgIpc) is 2.83. The number of benzene rings is 1. The number of aliphatic hydroxyl groups is 1. The van der Waals surface area contributed by atoms with Crippen molar-refractivity contribution in [3.63, 3.8) is 0 Å². The molecule has 1 aromatic heterocycles. The minimum Gasteiger partial charge on any atom is -0.497 e. The molecule has 0 bridgehead atoms. The number of hydrogen-bond donors (Lipinski definition) is 1. The van der Waals surface area contributed by atoms with Crippen molar-refractivity contribution in [3.05, 3.63) is 45.6 Å². The molecule has 0 aliphatic rings. The fourth-order valence-electron chi connectivity index (χ4n) is 1.86. The van der Waals surface area contributed by atoms with Crippen LogP contribution in [0.4, 0.5) is 0 Å². The highest BCUT2D eigenvalue weighted by Gasteiger charge is 2.19. The van der Waals surface area contributed by atoms with Crippen LogP contribution in [0.15, 0.2) is 29.6 Å². The molecule has 0 saturated heterocycles. The van der Waals surface area contributed by atoms with Crippen molar-refractivity contribution in [2.45, 2.75) is 13.0 Å². The smallest absolute Gasteiger partial charge is 0.125 e. The Hall–Kier alpha value is -1.52. The van der Waals surface area contributed by atoms with E-state index in [1.54, 1.807) is 20.3 Å². The molecule has 1 unspecified atom stereocenters. The zero-order valence-electron chi connectivity index (χ0n) is 10.6. The Bertz CT molecular complexity index is 534. The van der Waals surface area contributed by atoms with Crippen molar-refractivity contribution >= 4 is 11.3 Å². The van der Waals surface area contributed by atoms with Crippen LogP contribution < -0.4 is 9.47 Å². The summed E-state index contributed by atoms with van der Waals surface area (Å²) < 4.78 is 10.5. The molecular weight excluding hydrogens is 248 g/mol. The van der Waals surface area contributed by atoms with Gasteiger partial charge in [0.15, 0.2) is 0 Å². The van der Waals surface area contributed by atoms with E-state index < -0.39 is 6.10 Å². The van der Waals surface area contributed by atoms with Gasteiger partial charge >= 0.3 is 0 Å². The van der Waals surface area contributed by atoms with Crippen LogP contribution in [-0.2, 0) is 0 Å². The molecule has 1 atom stereocenters. The highest BCUT2D eigenvalue weighted by molar-refractivity contribution is 7.10. The van der Waals surface area contributed by atoms with E-state index in [4.69, 9.17) is 9.47 Å². The number of aliphatic hydroxyl groups excluding tert-OH is 1. The minimum atomic E-state index is -0.685. The molecule has 0 spiro atoms. The van der Waals surface area contributed by atoms with Gasteiger partial charge in [-0.2, -0.15) is 0 Å². The van der Waals surface area contributed by atoms with E-state index >= 15 is 0 Å². The molecule has 0 radical (unpaired) electrons. The van der Waals surface area contributed by atoms with Gasteiger partial charge in [-0.05, 0) is 42.1 Å². The zero-order valence-corrected chi connectivity index (χ0v) is 11.5. The van der Waals surface area contributed by atoms with Crippen molar-refractivity contribution < 1.29 is 14.6 Å². The van der Waals surface area contributed by atoms with Crippen molar-refractivity contribution in [3.8, 4) is 11.5 Å². The lowest BCUT2D eigenvalue weighted by molar-refractivity contribution is 0.217. The Labute approximate surface area is 111 Å². The first-order valence-electron chi connectivity index (χ1n) is 5.61. The third-order valence-electron chi connectivity index (χ3n) is 2.88. The van der Waals surface area contributed by atoms with Crippen molar-refractivity contribution in [1.29, 1.82) is 0 Å². The summed E-state index contributed by atoms with van der Waals surface area (Å²) >= 11 is 1.54. The van der Waals surface area contributed by atoms with Crippen LogP contribution in [0.5, 0.6) is 11.5 Å². The highest BCUT2D eigenvalue weighted by Crippen LogP contribution is 2.36. The number of thiophene rings is 1. The SMILES string of the molecule is COc1ccc(OC)c(C(O)c2sccc2C)c1. The normalized spacial score (nSPS) is 12.2. The third kappa shape index (κ3) is 2.35. The molecule has 0 saturated carbocycles. The molecule has 4 heteroatoms. The van der Waals surface area contributed by atoms with Crippen LogP contribution in [-0.4, -0.2) is 19.3 Å². The number of hydrogen-bond acceptors (Lipinski definition) is 4. The Morgan fingerprint density at radius 3 is 2.50 bits per heavy atom. The first-order valence-corrected chi connectivity index (χ1v) is 6.49. The molecule has 18 heavy (non-hydrogen) atoms. The summed E-state index contributed by atoms with van der Waals surface area (Å²) in [6.45, 7) is 1.99. The first-order chi connectivity index (χ1) is 8.67. The molecule has 2 aromatic rings. The van der Waals surface area contributed by atoms with Crippen LogP contribution in [0, 0.1) is 6.92 Å². The lowest BCUT2D eigenvalue weighted by Gasteiger charge is -2.15. The molecule has 3 nitrogen and oxygen atoms in total. The van der Waals surface area contributed by atoms with Gasteiger partial charge in [-0.3, -0.25) is 0 Å². The lowest BCUT2D eigenvalue weighted by Crippen LogP contribution is -2.02. The maximum atomic E-state index is 10.5. The van der Waals surface area contributed by atoms with E-state index in [9.17, 15) is 5.11 Å². The Morgan fingerprint density at radius 1 is 1.17 bits per heavy atom. The summed E-state index contributed by atoms with van der Waals surface area (Å²) in [7, 11) is 3.20. The van der Waals surface area contributed by atoms with Gasteiger partial charge in [0.25, 0.3) is 0 Å². The van der Waals surface area contributed by atoms with Gasteiger partial charge < -0.3 is 14.6 Å². The van der Waals surface area contributed by atoms with Crippen LogP contribution in [0.25, 0.3) is 0 Å². The van der Waals surface area contributed by atoms with Crippen molar-refractivity contribution in [2.75, 3.05) is 14.2 Å². The van der Waals surface area contributed by atoms with E-state index in [0.29, 0.717) is 11.5 Å². The van der Waals surface area contributed by atoms with Gasteiger partial charge in [0, 0.05) is 10.4 Å². The summed E-state index contributed by atoms with van der Waals surface area (Å²) in [6, 6.07) is 7.43. The van der Waals surface area contributed by atoms with E-state index in [0.717, 1.165) is 16.0 Å². The van der Waals surface area contributed by atoms with E-state index in [2.05, 4.69) is 0 Å². The fraction of sp³-hybridized carbons (Fsp3) is 0.286. The largest absolute Gasteiger partial charge is 0.497 e. The second kappa shape index (κ2) is 5.42. The zero-order chi connectivity index (χ0) is 13.1. The van der Waals surface area contributed by atoms with Gasteiger partial charge in [-0.25, -0.2) is 0 Å². The summed E-state index contributed by atoms with van der Waals surface area (Å²) in [4.78, 5) is 0.932. The van der Waals surface area contributed by atoms with Gasteiger partial charge in [0.2, 0.25) is 0 Å². The van der Waals surface area contributed by atoms with E-state index in [1.807, 2.05) is 30.5 Å².